The Morgan fingerprint density at radius 3 is 1.28 bits per heavy atom. The maximum Gasteiger partial charge on any atom is 0.330 e. The summed E-state index contributed by atoms with van der Waals surface area (Å²) in [5, 5.41) is 3.88. The van der Waals surface area contributed by atoms with E-state index in [-0.39, 0.29) is 0 Å². The molecule has 4 nitrogen and oxygen atoms in total. The minimum absolute atomic E-state index is 0.967. The van der Waals surface area contributed by atoms with Gasteiger partial charge in [-0.25, -0.2) is 5.14 Å². The van der Waals surface area contributed by atoms with E-state index in [0.717, 1.165) is 0 Å². The fourth-order valence-electron chi connectivity index (χ4n) is 1.91. The summed E-state index contributed by atoms with van der Waals surface area (Å²) in [7, 11) is -4.17. The average Bonchev–Trinajstić information content (AvgIpc) is 2.26. The summed E-state index contributed by atoms with van der Waals surface area (Å²) in [4.78, 5) is 0. The molecule has 0 aliphatic heterocycles. The Labute approximate surface area is 120 Å². The van der Waals surface area contributed by atoms with Crippen molar-refractivity contribution in [2.75, 3.05) is 0 Å². The predicted octanol–water partition coefficient (Wildman–Crippen LogP) is 3.36. The molecule has 0 aromatic carbocycles. The van der Waals surface area contributed by atoms with Gasteiger partial charge in [0.15, 0.2) is 0 Å². The van der Waals surface area contributed by atoms with Gasteiger partial charge in [-0.15, -0.1) is 0 Å². The van der Waals surface area contributed by atoms with Crippen molar-refractivity contribution >= 4 is 30.1 Å². The van der Waals surface area contributed by atoms with Crippen molar-refractivity contribution in [3.8, 4) is 0 Å². The second-order valence-corrected chi connectivity index (χ2v) is 15.7. The van der Waals surface area contributed by atoms with Crippen LogP contribution < -0.4 is 5.14 Å². The first-order chi connectivity index (χ1) is 8.35. The second kappa shape index (κ2) is 14.1. The molecule has 0 aliphatic carbocycles. The predicted molar refractivity (Wildman–Crippen MR) is 82.0 cm³/mol. The Morgan fingerprint density at radius 1 is 0.889 bits per heavy atom. The maximum atomic E-state index is 8.97. The van der Waals surface area contributed by atoms with Gasteiger partial charge >= 0.3 is 103 Å². The number of hydrogen-bond acceptors (Lipinski definition) is 2. The summed E-state index contributed by atoms with van der Waals surface area (Å²) in [6.07, 6.45) is 8.87. The Morgan fingerprint density at radius 2 is 1.11 bits per heavy atom. The van der Waals surface area contributed by atoms with Crippen molar-refractivity contribution in [3.63, 3.8) is 0 Å². The average molecular weight is 388 g/mol. The van der Waals surface area contributed by atoms with Gasteiger partial charge < -0.3 is 0 Å². The Bertz CT molecular complexity index is 231. The van der Waals surface area contributed by atoms with Crippen LogP contribution in [-0.4, -0.2) is 32.7 Å². The van der Waals surface area contributed by atoms with Crippen molar-refractivity contribution in [1.82, 2.24) is 0 Å². The summed E-state index contributed by atoms with van der Waals surface area (Å²) in [6.45, 7) is 7.01. The molecule has 0 atom stereocenters. The quantitative estimate of drug-likeness (QED) is 0.470. The van der Waals surface area contributed by atoms with E-state index in [9.17, 15) is 0 Å². The third-order valence-corrected chi connectivity index (χ3v) is 13.4. The molecule has 0 bridgehead atoms. The number of hydrogen-bond donors (Lipinski definition) is 2. The Kier molecular flexibility index (Phi) is 16.4. The fraction of sp³-hybridized carbons (Fsp3) is 1.00. The van der Waals surface area contributed by atoms with Gasteiger partial charge in [0.2, 0.25) is 0 Å². The number of nitrogens with two attached hydrogens (primary N) is 1. The van der Waals surface area contributed by atoms with Crippen molar-refractivity contribution in [3.05, 3.63) is 0 Å². The third-order valence-electron chi connectivity index (χ3n) is 2.90. The van der Waals surface area contributed by atoms with Gasteiger partial charge in [-0.05, 0) is 0 Å². The largest absolute Gasteiger partial charge is 0.330 e. The van der Waals surface area contributed by atoms with Crippen molar-refractivity contribution < 1.29 is 13.0 Å². The van der Waals surface area contributed by atoms with Crippen LogP contribution in [0.4, 0.5) is 0 Å². The summed E-state index contributed by atoms with van der Waals surface area (Å²) in [5.41, 5.74) is 0. The zero-order valence-corrected chi connectivity index (χ0v) is 16.3. The van der Waals surface area contributed by atoms with Gasteiger partial charge in [0.05, 0.1) is 0 Å². The van der Waals surface area contributed by atoms with E-state index in [0.29, 0.717) is 0 Å². The van der Waals surface area contributed by atoms with Gasteiger partial charge in [-0.2, -0.15) is 8.42 Å². The van der Waals surface area contributed by atoms with Gasteiger partial charge in [0, 0.05) is 0 Å². The molecule has 0 saturated carbocycles. The Balaban J connectivity index is 0. The molecule has 3 N–H and O–H groups in total. The van der Waals surface area contributed by atoms with Crippen molar-refractivity contribution in [1.29, 1.82) is 0 Å². The first-order valence-electron chi connectivity index (χ1n) is 7.10. The zero-order valence-electron chi connectivity index (χ0n) is 12.2. The fourth-order valence-corrected chi connectivity index (χ4v) is 12.8. The van der Waals surface area contributed by atoms with Gasteiger partial charge in [-0.1, -0.05) is 0 Å². The molecule has 0 aromatic rings. The SMILES string of the molecule is CCC[CH2][SnH]([CH2]CCC)[CH2]CCC.NS(=O)(=O)O. The molecule has 18 heavy (non-hydrogen) atoms. The van der Waals surface area contributed by atoms with Crippen molar-refractivity contribution in [2.45, 2.75) is 72.6 Å². The molecule has 112 valence electrons. The third kappa shape index (κ3) is 25.5. The minimum Gasteiger partial charge on any atom is -0.274 e. The van der Waals surface area contributed by atoms with Crippen LogP contribution >= 0.6 is 0 Å². The van der Waals surface area contributed by atoms with E-state index >= 15 is 0 Å². The second-order valence-electron chi connectivity index (χ2n) is 4.81. The van der Waals surface area contributed by atoms with Gasteiger partial charge in [0.1, 0.15) is 0 Å². The molecule has 0 fully saturated rings. The number of rotatable bonds is 9. The summed E-state index contributed by atoms with van der Waals surface area (Å²) in [5.74, 6) is 0. The molecule has 0 spiro atoms. The minimum atomic E-state index is -4.17. The Hall–Kier alpha value is 0.669. The monoisotopic (exact) mass is 389 g/mol. The molecule has 0 saturated heterocycles. The van der Waals surface area contributed by atoms with Crippen LogP contribution in [0.1, 0.15) is 59.3 Å². The number of unbranched alkanes of at least 4 members (excludes halogenated alkanes) is 3. The van der Waals surface area contributed by atoms with E-state index in [1.54, 1.807) is 13.3 Å². The molecule has 6 heteroatoms. The van der Waals surface area contributed by atoms with Gasteiger partial charge in [-0.3, -0.25) is 4.55 Å². The standard InChI is InChI=1S/3C4H9.H3NO3S.Sn.H/c3*1-3-4-2;1-5(2,3)4;;/h3*1,3-4H2,2H3;(H3,1,2,3,4);;. The summed E-state index contributed by atoms with van der Waals surface area (Å²) in [6, 6.07) is 0. The van der Waals surface area contributed by atoms with Gasteiger partial charge in [0.25, 0.3) is 0 Å². The van der Waals surface area contributed by atoms with E-state index in [1.165, 1.54) is 38.5 Å². The topological polar surface area (TPSA) is 80.4 Å². The normalized spacial score (nSPS) is 11.2. The molecular weight excluding hydrogens is 357 g/mol. The van der Waals surface area contributed by atoms with Crippen LogP contribution in [0.5, 0.6) is 0 Å². The molecule has 0 aliphatic rings. The zero-order chi connectivity index (χ0) is 14.4. The summed E-state index contributed by atoms with van der Waals surface area (Å²) < 4.78 is 30.3. The van der Waals surface area contributed by atoms with Crippen LogP contribution in [0.25, 0.3) is 0 Å². The van der Waals surface area contributed by atoms with E-state index in [4.69, 9.17) is 13.0 Å². The molecule has 0 rings (SSSR count). The molecule has 0 radical (unpaired) electrons. The smallest absolute Gasteiger partial charge is 0.274 e. The maximum absolute atomic E-state index is 8.97. The van der Waals surface area contributed by atoms with Crippen LogP contribution in [-0.2, 0) is 10.3 Å². The molecule has 0 heterocycles. The first-order valence-corrected chi connectivity index (χ1v) is 15.6. The van der Waals surface area contributed by atoms with Crippen LogP contribution in [0.3, 0.4) is 0 Å². The molecule has 0 amide bonds. The molecule has 0 aromatic heterocycles. The molecule has 0 unspecified atom stereocenters. The summed E-state index contributed by atoms with van der Waals surface area (Å²) >= 11 is -0.967. The molecular formula is C12H31NO3SSn. The van der Waals surface area contributed by atoms with E-state index in [2.05, 4.69) is 25.9 Å². The van der Waals surface area contributed by atoms with Crippen molar-refractivity contribution in [2.24, 2.45) is 5.14 Å². The van der Waals surface area contributed by atoms with Crippen LogP contribution in [0.15, 0.2) is 0 Å². The van der Waals surface area contributed by atoms with Crippen LogP contribution in [0.2, 0.25) is 13.3 Å². The first kappa shape index (κ1) is 21.0. The van der Waals surface area contributed by atoms with E-state index in [1.807, 2.05) is 0 Å². The van der Waals surface area contributed by atoms with E-state index < -0.39 is 30.1 Å². The van der Waals surface area contributed by atoms with Crippen LogP contribution in [0, 0.1) is 0 Å².